The first-order valence-corrected chi connectivity index (χ1v) is 6.80. The number of rotatable bonds is 6. The van der Waals surface area contributed by atoms with E-state index in [1.54, 1.807) is 7.11 Å². The molecule has 6 heteroatoms. The van der Waals surface area contributed by atoms with Crippen LogP contribution < -0.4 is 10.1 Å². The zero-order valence-electron chi connectivity index (χ0n) is 11.4. The molecule has 2 rings (SSSR count). The van der Waals surface area contributed by atoms with Gasteiger partial charge in [0.2, 0.25) is 0 Å². The predicted octanol–water partition coefficient (Wildman–Crippen LogP) is 2.22. The highest BCUT2D eigenvalue weighted by Crippen LogP contribution is 2.19. The van der Waals surface area contributed by atoms with Crippen molar-refractivity contribution in [2.75, 3.05) is 26.5 Å². The summed E-state index contributed by atoms with van der Waals surface area (Å²) in [6, 6.07) is 8.10. The van der Waals surface area contributed by atoms with Gasteiger partial charge in [0.15, 0.2) is 0 Å². The summed E-state index contributed by atoms with van der Waals surface area (Å²) in [5.74, 6) is 0.886. The monoisotopic (exact) mass is 278 g/mol. The van der Waals surface area contributed by atoms with Gasteiger partial charge in [0.1, 0.15) is 16.4 Å². The highest BCUT2D eigenvalue weighted by atomic mass is 32.1. The van der Waals surface area contributed by atoms with Crippen molar-refractivity contribution in [3.05, 3.63) is 35.5 Å². The van der Waals surface area contributed by atoms with Gasteiger partial charge in [0.25, 0.3) is 0 Å². The summed E-state index contributed by atoms with van der Waals surface area (Å²) in [6.45, 7) is 1.61. The summed E-state index contributed by atoms with van der Waals surface area (Å²) < 4.78 is 9.19. The molecule has 0 saturated heterocycles. The number of nitrogens with zero attached hydrogens (tertiary/aromatic N) is 3. The molecule has 0 amide bonds. The van der Waals surface area contributed by atoms with E-state index in [2.05, 4.69) is 39.0 Å². The molecule has 0 fully saturated rings. The summed E-state index contributed by atoms with van der Waals surface area (Å²) in [6.07, 6.45) is 0. The normalized spacial score (nSPS) is 10.7. The van der Waals surface area contributed by atoms with Crippen molar-refractivity contribution in [2.24, 2.45) is 0 Å². The van der Waals surface area contributed by atoms with Gasteiger partial charge in [-0.15, -0.1) is 5.10 Å². The fourth-order valence-electron chi connectivity index (χ4n) is 1.90. The Balaban J connectivity index is 1.99. The van der Waals surface area contributed by atoms with Gasteiger partial charge in [-0.2, -0.15) is 0 Å². The van der Waals surface area contributed by atoms with Gasteiger partial charge >= 0.3 is 0 Å². The molecule has 5 nitrogen and oxygen atoms in total. The van der Waals surface area contributed by atoms with E-state index in [4.69, 9.17) is 4.74 Å². The minimum atomic E-state index is 0.768. The van der Waals surface area contributed by atoms with Crippen molar-refractivity contribution in [1.29, 1.82) is 0 Å². The lowest BCUT2D eigenvalue weighted by atomic mass is 10.2. The molecule has 0 unspecified atom stereocenters. The van der Waals surface area contributed by atoms with Crippen LogP contribution in [0.3, 0.4) is 0 Å². The van der Waals surface area contributed by atoms with Gasteiger partial charge in [-0.25, -0.2) is 0 Å². The van der Waals surface area contributed by atoms with Crippen molar-refractivity contribution in [3.8, 4) is 5.75 Å². The fourth-order valence-corrected chi connectivity index (χ4v) is 2.42. The van der Waals surface area contributed by atoms with Crippen LogP contribution in [0.1, 0.15) is 11.3 Å². The molecule has 0 aliphatic carbocycles. The fraction of sp³-hybridized carbons (Fsp3) is 0.385. The smallest absolute Gasteiger partial charge is 0.134 e. The Kier molecular flexibility index (Phi) is 4.70. The molecule has 1 N–H and O–H groups in total. The maximum Gasteiger partial charge on any atom is 0.134 e. The van der Waals surface area contributed by atoms with Crippen LogP contribution in [0.15, 0.2) is 24.3 Å². The second kappa shape index (κ2) is 6.49. The number of aromatic nitrogens is 2. The SMILES string of the molecule is CNc1snnc1CN(C)Cc1cccc(OC)c1. The Labute approximate surface area is 117 Å². The molecule has 0 saturated carbocycles. The molecule has 1 heterocycles. The molecule has 1 aromatic heterocycles. The lowest BCUT2D eigenvalue weighted by Gasteiger charge is -2.16. The highest BCUT2D eigenvalue weighted by molar-refractivity contribution is 7.10. The molecular weight excluding hydrogens is 260 g/mol. The molecule has 102 valence electrons. The molecule has 0 spiro atoms. The Morgan fingerprint density at radius 2 is 2.21 bits per heavy atom. The van der Waals surface area contributed by atoms with Gasteiger partial charge in [-0.05, 0) is 24.7 Å². The molecule has 0 bridgehead atoms. The quantitative estimate of drug-likeness (QED) is 0.878. The average Bonchev–Trinajstić information content (AvgIpc) is 2.86. The lowest BCUT2D eigenvalue weighted by molar-refractivity contribution is 0.314. The summed E-state index contributed by atoms with van der Waals surface area (Å²) in [5.41, 5.74) is 2.20. The van der Waals surface area contributed by atoms with E-state index in [1.807, 2.05) is 19.2 Å². The van der Waals surface area contributed by atoms with Gasteiger partial charge in [-0.3, -0.25) is 4.90 Å². The van der Waals surface area contributed by atoms with Crippen LogP contribution in [0.25, 0.3) is 0 Å². The Hall–Kier alpha value is -1.66. The van der Waals surface area contributed by atoms with E-state index in [-0.39, 0.29) is 0 Å². The number of ether oxygens (including phenoxy) is 1. The predicted molar refractivity (Wildman–Crippen MR) is 77.6 cm³/mol. The number of anilines is 1. The van der Waals surface area contributed by atoms with Crippen LogP contribution >= 0.6 is 11.5 Å². The van der Waals surface area contributed by atoms with Gasteiger partial charge in [0, 0.05) is 31.7 Å². The first-order valence-electron chi connectivity index (χ1n) is 6.03. The second-order valence-electron chi connectivity index (χ2n) is 4.32. The van der Waals surface area contributed by atoms with Gasteiger partial charge in [0.05, 0.1) is 7.11 Å². The first-order chi connectivity index (χ1) is 9.22. The molecular formula is C13H18N4OS. The number of hydrogen-bond acceptors (Lipinski definition) is 6. The minimum Gasteiger partial charge on any atom is -0.497 e. The minimum absolute atomic E-state index is 0.768. The molecule has 0 radical (unpaired) electrons. The van der Waals surface area contributed by atoms with Crippen LogP contribution in [0, 0.1) is 0 Å². The summed E-state index contributed by atoms with van der Waals surface area (Å²) in [7, 11) is 5.64. The van der Waals surface area contributed by atoms with E-state index in [0.29, 0.717) is 0 Å². The maximum absolute atomic E-state index is 5.23. The third-order valence-electron chi connectivity index (χ3n) is 2.79. The van der Waals surface area contributed by atoms with E-state index in [1.165, 1.54) is 17.1 Å². The summed E-state index contributed by atoms with van der Waals surface area (Å²) >= 11 is 1.39. The van der Waals surface area contributed by atoms with Crippen LogP contribution in [-0.2, 0) is 13.1 Å². The Morgan fingerprint density at radius 3 is 2.95 bits per heavy atom. The Morgan fingerprint density at radius 1 is 1.37 bits per heavy atom. The van der Waals surface area contributed by atoms with Crippen molar-refractivity contribution in [2.45, 2.75) is 13.1 Å². The third-order valence-corrected chi connectivity index (χ3v) is 3.57. The molecule has 0 aliphatic rings. The number of methoxy groups -OCH3 is 1. The molecule has 1 aromatic carbocycles. The van der Waals surface area contributed by atoms with Crippen LogP contribution in [0.5, 0.6) is 5.75 Å². The maximum atomic E-state index is 5.23. The second-order valence-corrected chi connectivity index (χ2v) is 5.08. The molecule has 0 aliphatic heterocycles. The first kappa shape index (κ1) is 13.8. The molecule has 0 atom stereocenters. The van der Waals surface area contributed by atoms with E-state index in [0.717, 1.165) is 29.5 Å². The highest BCUT2D eigenvalue weighted by Gasteiger charge is 2.09. The van der Waals surface area contributed by atoms with Crippen molar-refractivity contribution < 1.29 is 4.74 Å². The lowest BCUT2D eigenvalue weighted by Crippen LogP contribution is -2.18. The summed E-state index contributed by atoms with van der Waals surface area (Å²) in [5, 5.41) is 8.28. The van der Waals surface area contributed by atoms with Crippen molar-refractivity contribution in [1.82, 2.24) is 14.5 Å². The van der Waals surface area contributed by atoms with E-state index in [9.17, 15) is 0 Å². The van der Waals surface area contributed by atoms with Crippen LogP contribution in [0.2, 0.25) is 0 Å². The largest absolute Gasteiger partial charge is 0.497 e. The van der Waals surface area contributed by atoms with Crippen LogP contribution in [0.4, 0.5) is 5.00 Å². The number of hydrogen-bond donors (Lipinski definition) is 1. The third kappa shape index (κ3) is 3.65. The zero-order chi connectivity index (χ0) is 13.7. The summed E-state index contributed by atoms with van der Waals surface area (Å²) in [4.78, 5) is 2.20. The van der Waals surface area contributed by atoms with Gasteiger partial charge in [-0.1, -0.05) is 16.6 Å². The Bertz CT molecular complexity index is 529. The standard InChI is InChI=1S/C13H18N4OS/c1-14-13-12(15-16-19-13)9-17(2)8-10-5-4-6-11(7-10)18-3/h4-7,14H,8-9H2,1-3H3. The van der Waals surface area contributed by atoms with Crippen molar-refractivity contribution in [3.63, 3.8) is 0 Å². The topological polar surface area (TPSA) is 50.3 Å². The number of nitrogens with one attached hydrogen (secondary N) is 1. The number of benzene rings is 1. The molecule has 2 aromatic rings. The average molecular weight is 278 g/mol. The molecule has 19 heavy (non-hydrogen) atoms. The van der Waals surface area contributed by atoms with E-state index >= 15 is 0 Å². The van der Waals surface area contributed by atoms with E-state index < -0.39 is 0 Å². The van der Waals surface area contributed by atoms with Crippen LogP contribution in [-0.4, -0.2) is 35.7 Å². The van der Waals surface area contributed by atoms with Gasteiger partial charge < -0.3 is 10.1 Å². The zero-order valence-corrected chi connectivity index (χ0v) is 12.2. The van der Waals surface area contributed by atoms with Crippen molar-refractivity contribution >= 4 is 16.5 Å².